The van der Waals surface area contributed by atoms with Gasteiger partial charge in [-0.2, -0.15) is 0 Å². The summed E-state index contributed by atoms with van der Waals surface area (Å²) < 4.78 is 0. The summed E-state index contributed by atoms with van der Waals surface area (Å²) in [6, 6.07) is 13.4. The maximum Gasteiger partial charge on any atom is 0.272 e. The van der Waals surface area contributed by atoms with Gasteiger partial charge in [-0.25, -0.2) is 0 Å². The van der Waals surface area contributed by atoms with Gasteiger partial charge >= 0.3 is 0 Å². The van der Waals surface area contributed by atoms with Crippen molar-refractivity contribution < 1.29 is 4.79 Å². The lowest BCUT2D eigenvalue weighted by Gasteiger charge is -2.07. The molecule has 106 valence electrons. The van der Waals surface area contributed by atoms with E-state index in [0.29, 0.717) is 11.6 Å². The first-order valence-electron chi connectivity index (χ1n) is 6.98. The molecular formula is C17H17N3O. The maximum atomic E-state index is 12.2. The molecule has 2 heterocycles. The molecule has 3 rings (SSSR count). The van der Waals surface area contributed by atoms with Crippen molar-refractivity contribution in [2.45, 2.75) is 19.8 Å². The number of benzene rings is 1. The number of aromatic amines is 1. The Kier molecular flexibility index (Phi) is 3.44. The van der Waals surface area contributed by atoms with Gasteiger partial charge in [0.2, 0.25) is 0 Å². The van der Waals surface area contributed by atoms with Gasteiger partial charge in [0.1, 0.15) is 5.69 Å². The molecule has 1 aromatic carbocycles. The number of nitrogens with one attached hydrogen (secondary N) is 2. The molecule has 0 spiro atoms. The van der Waals surface area contributed by atoms with Gasteiger partial charge in [-0.05, 0) is 41.8 Å². The second-order valence-corrected chi connectivity index (χ2v) is 5.35. The van der Waals surface area contributed by atoms with Crippen LogP contribution >= 0.6 is 0 Å². The molecule has 0 atom stereocenters. The Morgan fingerprint density at radius 1 is 1.19 bits per heavy atom. The zero-order chi connectivity index (χ0) is 14.8. The molecule has 0 radical (unpaired) electrons. The van der Waals surface area contributed by atoms with E-state index in [0.717, 1.165) is 16.7 Å². The van der Waals surface area contributed by atoms with Gasteiger partial charge in [-0.15, -0.1) is 0 Å². The van der Waals surface area contributed by atoms with Crippen molar-refractivity contribution in [1.29, 1.82) is 0 Å². The highest BCUT2D eigenvalue weighted by Crippen LogP contribution is 2.18. The smallest absolute Gasteiger partial charge is 0.272 e. The van der Waals surface area contributed by atoms with Gasteiger partial charge < -0.3 is 10.3 Å². The van der Waals surface area contributed by atoms with Crippen LogP contribution in [-0.4, -0.2) is 15.9 Å². The number of carbonyl (C=O) groups is 1. The third-order valence-electron chi connectivity index (χ3n) is 3.47. The molecule has 3 aromatic rings. The first-order valence-corrected chi connectivity index (χ1v) is 6.98. The van der Waals surface area contributed by atoms with E-state index in [4.69, 9.17) is 0 Å². The summed E-state index contributed by atoms with van der Waals surface area (Å²) in [5.41, 5.74) is 4.20. The van der Waals surface area contributed by atoms with Crippen LogP contribution in [0.2, 0.25) is 0 Å². The highest BCUT2D eigenvalue weighted by Gasteiger charge is 2.10. The van der Waals surface area contributed by atoms with Crippen LogP contribution in [0, 0.1) is 0 Å². The molecule has 0 bridgehead atoms. The number of anilines is 1. The standard InChI is InChI=1S/C17H17N3O/c1-11(2)12-5-7-13(8-6-12)19-17(21)16-10-15-14(20-16)4-3-9-18-15/h3-11,20H,1-2H3,(H,19,21). The Morgan fingerprint density at radius 3 is 2.62 bits per heavy atom. The van der Waals surface area contributed by atoms with Crippen molar-refractivity contribution in [2.75, 3.05) is 5.32 Å². The molecule has 1 amide bonds. The Balaban J connectivity index is 1.79. The lowest BCUT2D eigenvalue weighted by atomic mass is 10.0. The Bertz CT molecular complexity index is 739. The third kappa shape index (κ3) is 2.79. The fraction of sp³-hybridized carbons (Fsp3) is 0.176. The number of hydrogen-bond acceptors (Lipinski definition) is 2. The zero-order valence-corrected chi connectivity index (χ0v) is 12.1. The van der Waals surface area contributed by atoms with Crippen LogP contribution in [0.15, 0.2) is 48.7 Å². The summed E-state index contributed by atoms with van der Waals surface area (Å²) in [5, 5.41) is 2.89. The van der Waals surface area contributed by atoms with Gasteiger partial charge in [0.05, 0.1) is 11.0 Å². The SMILES string of the molecule is CC(C)c1ccc(NC(=O)c2cc3ncccc3[nH]2)cc1. The average Bonchev–Trinajstić information content (AvgIpc) is 2.92. The Hall–Kier alpha value is -2.62. The first-order chi connectivity index (χ1) is 10.1. The summed E-state index contributed by atoms with van der Waals surface area (Å²) in [6.45, 7) is 4.29. The van der Waals surface area contributed by atoms with E-state index >= 15 is 0 Å². The summed E-state index contributed by atoms with van der Waals surface area (Å²) >= 11 is 0. The van der Waals surface area contributed by atoms with Crippen LogP contribution in [0.1, 0.15) is 35.8 Å². The van der Waals surface area contributed by atoms with Crippen LogP contribution in [0.4, 0.5) is 5.69 Å². The number of nitrogens with zero attached hydrogens (tertiary/aromatic N) is 1. The van der Waals surface area contributed by atoms with Crippen molar-refractivity contribution in [1.82, 2.24) is 9.97 Å². The van der Waals surface area contributed by atoms with E-state index in [1.807, 2.05) is 36.4 Å². The molecule has 0 saturated heterocycles. The fourth-order valence-electron chi connectivity index (χ4n) is 2.23. The van der Waals surface area contributed by atoms with Crippen molar-refractivity contribution in [2.24, 2.45) is 0 Å². The van der Waals surface area contributed by atoms with Crippen molar-refractivity contribution in [3.63, 3.8) is 0 Å². The highest BCUT2D eigenvalue weighted by atomic mass is 16.1. The van der Waals surface area contributed by atoms with Gasteiger partial charge in [-0.1, -0.05) is 26.0 Å². The molecule has 0 aliphatic rings. The molecule has 21 heavy (non-hydrogen) atoms. The molecule has 0 unspecified atom stereocenters. The van der Waals surface area contributed by atoms with Gasteiger partial charge in [0, 0.05) is 11.9 Å². The van der Waals surface area contributed by atoms with E-state index in [2.05, 4.69) is 29.1 Å². The van der Waals surface area contributed by atoms with Gasteiger partial charge in [-0.3, -0.25) is 9.78 Å². The highest BCUT2D eigenvalue weighted by molar-refractivity contribution is 6.05. The topological polar surface area (TPSA) is 57.8 Å². The van der Waals surface area contributed by atoms with Crippen molar-refractivity contribution in [3.05, 3.63) is 59.9 Å². The van der Waals surface area contributed by atoms with Crippen LogP contribution in [-0.2, 0) is 0 Å². The summed E-state index contributed by atoms with van der Waals surface area (Å²) in [7, 11) is 0. The van der Waals surface area contributed by atoms with Crippen molar-refractivity contribution in [3.8, 4) is 0 Å². The predicted molar refractivity (Wildman–Crippen MR) is 84.6 cm³/mol. The number of rotatable bonds is 3. The van der Waals surface area contributed by atoms with E-state index < -0.39 is 0 Å². The van der Waals surface area contributed by atoms with Crippen LogP contribution in [0.3, 0.4) is 0 Å². The minimum absolute atomic E-state index is 0.162. The van der Waals surface area contributed by atoms with E-state index in [9.17, 15) is 4.79 Å². The number of pyridine rings is 1. The second kappa shape index (κ2) is 5.40. The number of fused-ring (bicyclic) bond motifs is 1. The second-order valence-electron chi connectivity index (χ2n) is 5.35. The van der Waals surface area contributed by atoms with E-state index in [1.54, 1.807) is 12.3 Å². The van der Waals surface area contributed by atoms with Crippen LogP contribution in [0.5, 0.6) is 0 Å². The normalized spacial score (nSPS) is 11.0. The summed E-state index contributed by atoms with van der Waals surface area (Å²) in [5.74, 6) is 0.319. The van der Waals surface area contributed by atoms with Gasteiger partial charge in [0.25, 0.3) is 5.91 Å². The molecule has 0 aliphatic carbocycles. The molecular weight excluding hydrogens is 262 g/mol. The molecule has 0 fully saturated rings. The van der Waals surface area contributed by atoms with Crippen LogP contribution in [0.25, 0.3) is 11.0 Å². The minimum atomic E-state index is -0.162. The molecule has 2 N–H and O–H groups in total. The van der Waals surface area contributed by atoms with E-state index in [1.165, 1.54) is 5.56 Å². The first kappa shape index (κ1) is 13.4. The predicted octanol–water partition coefficient (Wildman–Crippen LogP) is 3.94. The van der Waals surface area contributed by atoms with Crippen molar-refractivity contribution >= 4 is 22.6 Å². The Labute approximate surface area is 123 Å². The lowest BCUT2D eigenvalue weighted by molar-refractivity contribution is 0.102. The zero-order valence-electron chi connectivity index (χ0n) is 12.1. The fourth-order valence-corrected chi connectivity index (χ4v) is 2.23. The Morgan fingerprint density at radius 2 is 1.95 bits per heavy atom. The van der Waals surface area contributed by atoms with E-state index in [-0.39, 0.29) is 5.91 Å². The van der Waals surface area contributed by atoms with Gasteiger partial charge in [0.15, 0.2) is 0 Å². The molecule has 0 saturated carbocycles. The number of amides is 1. The number of carbonyl (C=O) groups excluding carboxylic acids is 1. The number of hydrogen-bond donors (Lipinski definition) is 2. The molecule has 4 heteroatoms. The molecule has 2 aromatic heterocycles. The minimum Gasteiger partial charge on any atom is -0.349 e. The summed E-state index contributed by atoms with van der Waals surface area (Å²) in [6.07, 6.45) is 1.71. The summed E-state index contributed by atoms with van der Waals surface area (Å²) in [4.78, 5) is 19.5. The monoisotopic (exact) mass is 279 g/mol. The lowest BCUT2D eigenvalue weighted by Crippen LogP contribution is -2.12. The largest absolute Gasteiger partial charge is 0.349 e. The quantitative estimate of drug-likeness (QED) is 0.763. The number of aromatic nitrogens is 2. The maximum absolute atomic E-state index is 12.2. The molecule has 4 nitrogen and oxygen atoms in total. The average molecular weight is 279 g/mol. The molecule has 0 aliphatic heterocycles. The van der Waals surface area contributed by atoms with Crippen LogP contribution < -0.4 is 5.32 Å². The third-order valence-corrected chi connectivity index (χ3v) is 3.47. The number of H-pyrrole nitrogens is 1.